The zero-order valence-electron chi connectivity index (χ0n) is 11.8. The lowest BCUT2D eigenvalue weighted by Gasteiger charge is -2.15. The number of nitrogens with one attached hydrogen (secondary N) is 1. The van der Waals surface area contributed by atoms with Crippen LogP contribution >= 0.6 is 0 Å². The maximum atomic E-state index is 12.3. The second-order valence-corrected chi connectivity index (χ2v) is 4.19. The summed E-state index contributed by atoms with van der Waals surface area (Å²) in [6, 6.07) is 7.66. The van der Waals surface area contributed by atoms with Gasteiger partial charge in [0, 0.05) is 5.56 Å². The van der Waals surface area contributed by atoms with E-state index in [1.165, 1.54) is 18.2 Å². The molecule has 0 aliphatic rings. The van der Waals surface area contributed by atoms with Gasteiger partial charge in [0.1, 0.15) is 29.7 Å². The largest absolute Gasteiger partial charge is 0.482 e. The van der Waals surface area contributed by atoms with E-state index >= 15 is 0 Å². The second kappa shape index (κ2) is 7.52. The number of amides is 1. The summed E-state index contributed by atoms with van der Waals surface area (Å²) in [5, 5.41) is 28.8. The number of allylic oxidation sites excluding steroid dienone is 2. The van der Waals surface area contributed by atoms with E-state index < -0.39 is 30.0 Å². The van der Waals surface area contributed by atoms with Gasteiger partial charge in [-0.2, -0.15) is 29.0 Å². The van der Waals surface area contributed by atoms with Gasteiger partial charge in [-0.15, -0.1) is 0 Å². The van der Waals surface area contributed by atoms with E-state index in [0.29, 0.717) is 0 Å². The Balaban J connectivity index is 3.32. The van der Waals surface area contributed by atoms with Gasteiger partial charge in [0.05, 0.1) is 5.69 Å². The first-order valence-electron chi connectivity index (χ1n) is 6.06. The van der Waals surface area contributed by atoms with Crippen LogP contribution in [0.15, 0.2) is 29.5 Å². The van der Waals surface area contributed by atoms with Crippen molar-refractivity contribution in [2.24, 2.45) is 5.73 Å². The highest BCUT2D eigenvalue weighted by molar-refractivity contribution is 5.94. The molecule has 0 atom stereocenters. The number of primary amides is 1. The second-order valence-electron chi connectivity index (χ2n) is 4.19. The number of rotatable bonds is 5. The number of benzene rings is 1. The molecule has 7 nitrogen and oxygen atoms in total. The molecular weight excluding hydrogens is 327 g/mol. The van der Waals surface area contributed by atoms with E-state index in [-0.39, 0.29) is 17.0 Å². The number of carbonyl (C=O) groups is 1. The Kier molecular flexibility index (Phi) is 5.75. The van der Waals surface area contributed by atoms with Gasteiger partial charge in [0.25, 0.3) is 0 Å². The third-order valence-electron chi connectivity index (χ3n) is 2.50. The fourth-order valence-corrected chi connectivity index (χ4v) is 1.48. The van der Waals surface area contributed by atoms with Crippen molar-refractivity contribution in [1.82, 2.24) is 0 Å². The Morgan fingerprint density at radius 3 is 2.29 bits per heavy atom. The van der Waals surface area contributed by atoms with Crippen LogP contribution in [0, 0.1) is 34.0 Å². The van der Waals surface area contributed by atoms with Crippen LogP contribution in [0.25, 0.3) is 0 Å². The number of alkyl halides is 3. The van der Waals surface area contributed by atoms with Crippen LogP contribution in [0.4, 0.5) is 18.9 Å². The molecule has 0 unspecified atom stereocenters. The molecular formula is C14H8F3N5O2. The first-order chi connectivity index (χ1) is 11.2. The molecule has 0 aromatic heterocycles. The smallest absolute Gasteiger partial charge is 0.422 e. The Hall–Kier alpha value is -3.71. The fourth-order valence-electron chi connectivity index (χ4n) is 1.48. The minimum absolute atomic E-state index is 0.0791. The van der Waals surface area contributed by atoms with Crippen LogP contribution in [0.3, 0.4) is 0 Å². The predicted molar refractivity (Wildman–Crippen MR) is 74.0 cm³/mol. The van der Waals surface area contributed by atoms with Crippen molar-refractivity contribution in [3.05, 3.63) is 35.0 Å². The first kappa shape index (κ1) is 18.3. The summed E-state index contributed by atoms with van der Waals surface area (Å²) in [7, 11) is 0. The lowest BCUT2D eigenvalue weighted by atomic mass is 10.1. The van der Waals surface area contributed by atoms with E-state index in [1.807, 2.05) is 0 Å². The van der Waals surface area contributed by atoms with Gasteiger partial charge in [-0.1, -0.05) is 0 Å². The molecule has 0 saturated heterocycles. The van der Waals surface area contributed by atoms with Gasteiger partial charge < -0.3 is 15.8 Å². The van der Waals surface area contributed by atoms with E-state index in [2.05, 4.69) is 10.1 Å². The van der Waals surface area contributed by atoms with Crippen molar-refractivity contribution >= 4 is 11.6 Å². The number of nitriles is 3. The van der Waals surface area contributed by atoms with Crippen molar-refractivity contribution < 1.29 is 22.7 Å². The van der Waals surface area contributed by atoms with Crippen LogP contribution < -0.4 is 15.8 Å². The molecule has 0 spiro atoms. The number of anilines is 1. The number of nitrogens with two attached hydrogens (primary N) is 1. The summed E-state index contributed by atoms with van der Waals surface area (Å²) < 4.78 is 41.4. The third-order valence-corrected chi connectivity index (χ3v) is 2.50. The summed E-state index contributed by atoms with van der Waals surface area (Å²) >= 11 is 0. The number of ether oxygens (including phenoxy) is 1. The van der Waals surface area contributed by atoms with Crippen LogP contribution in [0.2, 0.25) is 0 Å². The van der Waals surface area contributed by atoms with Gasteiger partial charge in [-0.3, -0.25) is 4.79 Å². The van der Waals surface area contributed by atoms with Gasteiger partial charge in [-0.05, 0) is 18.2 Å². The minimum Gasteiger partial charge on any atom is -0.482 e. The molecule has 24 heavy (non-hydrogen) atoms. The molecule has 1 amide bonds. The highest BCUT2D eigenvalue weighted by Gasteiger charge is 2.29. The van der Waals surface area contributed by atoms with E-state index in [1.54, 1.807) is 0 Å². The van der Waals surface area contributed by atoms with Crippen molar-refractivity contribution in [3.8, 4) is 24.0 Å². The predicted octanol–water partition coefficient (Wildman–Crippen LogP) is 1.96. The van der Waals surface area contributed by atoms with Gasteiger partial charge in [0.2, 0.25) is 5.91 Å². The standard InChI is InChI=1S/C14H8F3N5O2/c15-14(16,17)7-24-12-2-1-8(13(21)23)3-10(12)22-11(6-20)9(4-18)5-19/h1-3,22H,7H2,(H2,21,23). The zero-order chi connectivity index (χ0) is 18.3. The summed E-state index contributed by atoms with van der Waals surface area (Å²) in [6.07, 6.45) is -4.61. The average Bonchev–Trinajstić information content (AvgIpc) is 2.52. The number of hydrogen-bond donors (Lipinski definition) is 2. The molecule has 1 rings (SSSR count). The number of hydrogen-bond acceptors (Lipinski definition) is 6. The van der Waals surface area contributed by atoms with Crippen molar-refractivity contribution in [2.45, 2.75) is 6.18 Å². The minimum atomic E-state index is -4.61. The number of halogens is 3. The fraction of sp³-hybridized carbons (Fsp3) is 0.143. The van der Waals surface area contributed by atoms with Crippen molar-refractivity contribution in [2.75, 3.05) is 11.9 Å². The number of nitrogens with zero attached hydrogens (tertiary/aromatic N) is 3. The van der Waals surface area contributed by atoms with E-state index in [9.17, 15) is 18.0 Å². The van der Waals surface area contributed by atoms with Crippen molar-refractivity contribution in [3.63, 3.8) is 0 Å². The Morgan fingerprint density at radius 1 is 1.21 bits per heavy atom. The normalized spacial score (nSPS) is 9.83. The molecule has 0 aliphatic heterocycles. The number of carbonyl (C=O) groups excluding carboxylic acids is 1. The maximum absolute atomic E-state index is 12.3. The summed E-state index contributed by atoms with van der Waals surface area (Å²) in [4.78, 5) is 11.2. The molecule has 122 valence electrons. The van der Waals surface area contributed by atoms with Crippen molar-refractivity contribution in [1.29, 1.82) is 15.8 Å². The molecule has 10 heteroatoms. The lowest BCUT2D eigenvalue weighted by Crippen LogP contribution is -2.20. The highest BCUT2D eigenvalue weighted by atomic mass is 19.4. The molecule has 3 N–H and O–H groups in total. The molecule has 0 aliphatic carbocycles. The molecule has 0 saturated carbocycles. The van der Waals surface area contributed by atoms with Gasteiger partial charge in [-0.25, -0.2) is 0 Å². The van der Waals surface area contributed by atoms with Crippen LogP contribution in [-0.2, 0) is 0 Å². The molecule has 0 bridgehead atoms. The summed E-state index contributed by atoms with van der Waals surface area (Å²) in [5.74, 6) is -1.22. The Bertz CT molecular complexity index is 794. The van der Waals surface area contributed by atoms with Crippen LogP contribution in [0.1, 0.15) is 10.4 Å². The average molecular weight is 335 g/mol. The Morgan fingerprint density at radius 2 is 1.83 bits per heavy atom. The lowest BCUT2D eigenvalue weighted by molar-refractivity contribution is -0.153. The topological polar surface area (TPSA) is 136 Å². The van der Waals surface area contributed by atoms with Gasteiger partial charge in [0.15, 0.2) is 12.2 Å². The Labute approximate surface area is 134 Å². The molecule has 1 aromatic rings. The quantitative estimate of drug-likeness (QED) is 0.789. The highest BCUT2D eigenvalue weighted by Crippen LogP contribution is 2.29. The summed E-state index contributed by atoms with van der Waals surface area (Å²) in [6.45, 7) is -1.62. The van der Waals surface area contributed by atoms with E-state index in [0.717, 1.165) is 18.2 Å². The third kappa shape index (κ3) is 4.93. The monoisotopic (exact) mass is 335 g/mol. The maximum Gasteiger partial charge on any atom is 0.422 e. The summed E-state index contributed by atoms with van der Waals surface area (Å²) in [5.41, 5.74) is 3.67. The molecule has 1 aromatic carbocycles. The van der Waals surface area contributed by atoms with E-state index in [4.69, 9.17) is 21.5 Å². The van der Waals surface area contributed by atoms with Crippen LogP contribution in [0.5, 0.6) is 5.75 Å². The van der Waals surface area contributed by atoms with Gasteiger partial charge >= 0.3 is 6.18 Å². The first-order valence-corrected chi connectivity index (χ1v) is 6.06. The SMILES string of the molecule is N#CC(C#N)=C(C#N)Nc1cc(C(N)=O)ccc1OCC(F)(F)F. The zero-order valence-corrected chi connectivity index (χ0v) is 11.8. The molecule has 0 heterocycles. The van der Waals surface area contributed by atoms with Crippen LogP contribution in [-0.4, -0.2) is 18.7 Å². The molecule has 0 radical (unpaired) electrons. The molecule has 0 fully saturated rings.